The summed E-state index contributed by atoms with van der Waals surface area (Å²) in [6.45, 7) is 1.25. The van der Waals surface area contributed by atoms with Crippen molar-refractivity contribution >= 4 is 23.3 Å². The first-order valence-electron chi connectivity index (χ1n) is 6.35. The van der Waals surface area contributed by atoms with E-state index in [9.17, 15) is 18.0 Å². The van der Waals surface area contributed by atoms with Crippen LogP contribution in [0, 0.1) is 0 Å². The molecule has 0 amide bonds. The lowest BCUT2D eigenvalue weighted by Crippen LogP contribution is -2.56. The van der Waals surface area contributed by atoms with E-state index in [1.165, 1.54) is 6.92 Å². The normalized spacial score (nSPS) is 18.5. The first-order chi connectivity index (χ1) is 10.3. The van der Waals surface area contributed by atoms with Crippen LogP contribution in [-0.4, -0.2) is 23.3 Å². The SMILES string of the molecule is CC1=C(C(=O)OCc2ccccc2)C(C(F)(F)F)NC(=S)N1. The number of thiocarbonyl (C=S) groups is 1. The summed E-state index contributed by atoms with van der Waals surface area (Å²) in [5.74, 6) is -1.04. The number of allylic oxidation sites excluding steroid dienone is 1. The van der Waals surface area contributed by atoms with E-state index >= 15 is 0 Å². The van der Waals surface area contributed by atoms with Gasteiger partial charge in [0, 0.05) is 5.70 Å². The summed E-state index contributed by atoms with van der Waals surface area (Å²) in [6.07, 6.45) is -4.66. The summed E-state index contributed by atoms with van der Waals surface area (Å²) in [5, 5.41) is 4.38. The Hall–Kier alpha value is -2.09. The van der Waals surface area contributed by atoms with E-state index in [4.69, 9.17) is 17.0 Å². The van der Waals surface area contributed by atoms with Gasteiger partial charge >= 0.3 is 12.1 Å². The van der Waals surface area contributed by atoms with Gasteiger partial charge < -0.3 is 15.4 Å². The lowest BCUT2D eigenvalue weighted by Gasteiger charge is -2.30. The molecular formula is C14H13F3N2O2S. The summed E-state index contributed by atoms with van der Waals surface area (Å²) < 4.78 is 44.2. The van der Waals surface area contributed by atoms with Crippen molar-refractivity contribution in [2.75, 3.05) is 0 Å². The first-order valence-corrected chi connectivity index (χ1v) is 6.76. The van der Waals surface area contributed by atoms with E-state index in [0.29, 0.717) is 5.56 Å². The quantitative estimate of drug-likeness (QED) is 0.658. The molecule has 118 valence electrons. The molecule has 8 heteroatoms. The molecule has 1 aliphatic rings. The first kappa shape index (κ1) is 16.3. The number of esters is 1. The molecule has 4 nitrogen and oxygen atoms in total. The molecule has 1 aromatic carbocycles. The minimum atomic E-state index is -4.66. The van der Waals surface area contributed by atoms with Crippen LogP contribution in [0.25, 0.3) is 0 Å². The van der Waals surface area contributed by atoms with E-state index in [1.807, 2.05) is 0 Å². The van der Waals surface area contributed by atoms with Crippen LogP contribution in [0.1, 0.15) is 12.5 Å². The summed E-state index contributed by atoms with van der Waals surface area (Å²) in [5.41, 5.74) is 0.200. The van der Waals surface area contributed by atoms with Gasteiger partial charge in [-0.3, -0.25) is 0 Å². The molecule has 1 aliphatic heterocycles. The Balaban J connectivity index is 2.18. The third-order valence-corrected chi connectivity index (χ3v) is 3.25. The third-order valence-electron chi connectivity index (χ3n) is 3.03. The largest absolute Gasteiger partial charge is 0.457 e. The fourth-order valence-corrected chi connectivity index (χ4v) is 2.28. The average molecular weight is 330 g/mol. The summed E-state index contributed by atoms with van der Waals surface area (Å²) in [4.78, 5) is 12.0. The van der Waals surface area contributed by atoms with Crippen LogP contribution in [0.3, 0.4) is 0 Å². The molecule has 0 saturated carbocycles. The molecule has 1 aromatic rings. The maximum absolute atomic E-state index is 13.1. The maximum Gasteiger partial charge on any atom is 0.413 e. The van der Waals surface area contributed by atoms with E-state index in [-0.39, 0.29) is 17.4 Å². The molecule has 0 aromatic heterocycles. The number of benzene rings is 1. The minimum absolute atomic E-state index is 0.0316. The Morgan fingerprint density at radius 3 is 2.55 bits per heavy atom. The van der Waals surface area contributed by atoms with Gasteiger partial charge in [0.05, 0.1) is 5.57 Å². The maximum atomic E-state index is 13.1. The Kier molecular flexibility index (Phi) is 4.70. The number of halogens is 3. The van der Waals surface area contributed by atoms with Crippen LogP contribution in [0.2, 0.25) is 0 Å². The molecule has 0 saturated heterocycles. The lowest BCUT2D eigenvalue weighted by molar-refractivity contribution is -0.156. The van der Waals surface area contributed by atoms with E-state index < -0.39 is 23.8 Å². The number of rotatable bonds is 3. The highest BCUT2D eigenvalue weighted by atomic mass is 32.1. The zero-order chi connectivity index (χ0) is 16.3. The molecule has 22 heavy (non-hydrogen) atoms. The van der Waals surface area contributed by atoms with E-state index in [2.05, 4.69) is 10.6 Å². The molecular weight excluding hydrogens is 317 g/mol. The number of carbonyl (C=O) groups is 1. The molecule has 0 radical (unpaired) electrons. The molecule has 0 aliphatic carbocycles. The number of hydrogen-bond donors (Lipinski definition) is 2. The number of alkyl halides is 3. The Labute approximate surface area is 130 Å². The highest BCUT2D eigenvalue weighted by Gasteiger charge is 2.48. The van der Waals surface area contributed by atoms with Gasteiger partial charge in [-0.2, -0.15) is 13.2 Å². The van der Waals surface area contributed by atoms with Crippen molar-refractivity contribution in [3.05, 3.63) is 47.2 Å². The Morgan fingerprint density at radius 2 is 1.95 bits per heavy atom. The predicted octanol–water partition coefficient (Wildman–Crippen LogP) is 2.41. The second-order valence-corrected chi connectivity index (χ2v) is 5.08. The highest BCUT2D eigenvalue weighted by Crippen LogP contribution is 2.29. The molecule has 1 atom stereocenters. The van der Waals surface area contributed by atoms with Crippen molar-refractivity contribution in [2.24, 2.45) is 0 Å². The van der Waals surface area contributed by atoms with Crippen molar-refractivity contribution < 1.29 is 22.7 Å². The van der Waals surface area contributed by atoms with Gasteiger partial charge in [-0.1, -0.05) is 30.3 Å². The standard InChI is InChI=1S/C14H13F3N2O2S/c1-8-10(11(14(15,16)17)19-13(22)18-8)12(20)21-7-9-5-3-2-4-6-9/h2-6,11H,7H2,1H3,(H2,18,19,22). The third kappa shape index (κ3) is 3.76. The van der Waals surface area contributed by atoms with Crippen molar-refractivity contribution in [1.82, 2.24) is 10.6 Å². The number of carbonyl (C=O) groups excluding carboxylic acids is 1. The van der Waals surface area contributed by atoms with Gasteiger partial charge in [0.25, 0.3) is 0 Å². The van der Waals surface area contributed by atoms with Crippen LogP contribution >= 0.6 is 12.2 Å². The number of ether oxygens (including phenoxy) is 1. The van der Waals surface area contributed by atoms with E-state index in [0.717, 1.165) is 0 Å². The second kappa shape index (κ2) is 6.35. The fraction of sp³-hybridized carbons (Fsp3) is 0.286. The predicted molar refractivity (Wildman–Crippen MR) is 77.7 cm³/mol. The highest BCUT2D eigenvalue weighted by molar-refractivity contribution is 7.80. The smallest absolute Gasteiger partial charge is 0.413 e. The molecule has 0 fully saturated rings. The van der Waals surface area contributed by atoms with Crippen molar-refractivity contribution in [2.45, 2.75) is 25.7 Å². The van der Waals surface area contributed by atoms with E-state index in [1.54, 1.807) is 30.3 Å². The zero-order valence-corrected chi connectivity index (χ0v) is 12.3. The van der Waals surface area contributed by atoms with Gasteiger partial charge in [-0.15, -0.1) is 0 Å². The van der Waals surface area contributed by atoms with Gasteiger partial charge in [0.2, 0.25) is 0 Å². The Morgan fingerprint density at radius 1 is 1.32 bits per heavy atom. The van der Waals surface area contributed by atoms with Crippen LogP contribution < -0.4 is 10.6 Å². The van der Waals surface area contributed by atoms with Crippen molar-refractivity contribution in [3.8, 4) is 0 Å². The van der Waals surface area contributed by atoms with Gasteiger partial charge in [-0.25, -0.2) is 4.79 Å². The molecule has 2 N–H and O–H groups in total. The second-order valence-electron chi connectivity index (χ2n) is 4.67. The average Bonchev–Trinajstić information content (AvgIpc) is 2.44. The lowest BCUT2D eigenvalue weighted by atomic mass is 10.0. The van der Waals surface area contributed by atoms with Crippen LogP contribution in [0.15, 0.2) is 41.6 Å². The molecule has 0 bridgehead atoms. The number of nitrogens with one attached hydrogen (secondary N) is 2. The monoisotopic (exact) mass is 330 g/mol. The van der Waals surface area contributed by atoms with Crippen LogP contribution in [0.5, 0.6) is 0 Å². The fourth-order valence-electron chi connectivity index (χ4n) is 2.01. The molecule has 1 heterocycles. The van der Waals surface area contributed by atoms with Gasteiger partial charge in [-0.05, 0) is 24.7 Å². The summed E-state index contributed by atoms with van der Waals surface area (Å²) in [7, 11) is 0. The summed E-state index contributed by atoms with van der Waals surface area (Å²) in [6, 6.07) is 6.52. The molecule has 2 rings (SSSR count). The topological polar surface area (TPSA) is 50.4 Å². The van der Waals surface area contributed by atoms with Crippen molar-refractivity contribution in [1.29, 1.82) is 0 Å². The van der Waals surface area contributed by atoms with Crippen LogP contribution in [-0.2, 0) is 16.1 Å². The number of hydrogen-bond acceptors (Lipinski definition) is 3. The summed E-state index contributed by atoms with van der Waals surface area (Å²) >= 11 is 4.70. The van der Waals surface area contributed by atoms with Gasteiger partial charge in [0.1, 0.15) is 6.61 Å². The van der Waals surface area contributed by atoms with Crippen molar-refractivity contribution in [3.63, 3.8) is 0 Å². The Bertz CT molecular complexity index is 614. The zero-order valence-electron chi connectivity index (χ0n) is 11.5. The van der Waals surface area contributed by atoms with Gasteiger partial charge in [0.15, 0.2) is 11.2 Å². The molecule has 0 spiro atoms. The molecule has 1 unspecified atom stereocenters. The van der Waals surface area contributed by atoms with Crippen LogP contribution in [0.4, 0.5) is 13.2 Å². The minimum Gasteiger partial charge on any atom is -0.457 e.